The third kappa shape index (κ3) is 2.89. The van der Waals surface area contributed by atoms with Crippen LogP contribution in [0.1, 0.15) is 51.1 Å². The highest BCUT2D eigenvalue weighted by atomic mass is 19.1. The summed E-state index contributed by atoms with van der Waals surface area (Å²) >= 11 is 0. The molecule has 18 heavy (non-hydrogen) atoms. The van der Waals surface area contributed by atoms with Gasteiger partial charge in [0.2, 0.25) is 0 Å². The van der Waals surface area contributed by atoms with Crippen LogP contribution in [0.3, 0.4) is 0 Å². The molecule has 1 atom stereocenters. The largest absolute Gasteiger partial charge is 0.313 e. The van der Waals surface area contributed by atoms with Crippen molar-refractivity contribution in [2.24, 2.45) is 11.3 Å². The maximum Gasteiger partial charge on any atom is 0.146 e. The fourth-order valence-electron chi connectivity index (χ4n) is 3.04. The second-order valence-electron chi connectivity index (χ2n) is 6.17. The van der Waals surface area contributed by atoms with Crippen LogP contribution in [0, 0.1) is 17.2 Å². The quantitative estimate of drug-likeness (QED) is 0.884. The van der Waals surface area contributed by atoms with Crippen molar-refractivity contribution in [2.45, 2.75) is 45.6 Å². The van der Waals surface area contributed by atoms with E-state index in [1.807, 2.05) is 7.05 Å². The molecule has 0 amide bonds. The lowest BCUT2D eigenvalue weighted by molar-refractivity contribution is 0.163. The number of hydrogen-bond donors (Lipinski definition) is 1. The molecule has 1 unspecified atom stereocenters. The molecule has 1 saturated carbocycles. The zero-order valence-electron chi connectivity index (χ0n) is 11.5. The number of halogens is 1. The Morgan fingerprint density at radius 3 is 2.61 bits per heavy atom. The predicted octanol–water partition coefficient (Wildman–Crippen LogP) is 3.70. The van der Waals surface area contributed by atoms with Crippen LogP contribution < -0.4 is 5.32 Å². The van der Waals surface area contributed by atoms with Crippen molar-refractivity contribution in [3.8, 4) is 0 Å². The van der Waals surface area contributed by atoms with E-state index in [9.17, 15) is 4.39 Å². The number of aromatic nitrogens is 1. The van der Waals surface area contributed by atoms with Crippen LogP contribution in [0.5, 0.6) is 0 Å². The maximum atomic E-state index is 13.8. The van der Waals surface area contributed by atoms with Gasteiger partial charge in [0.25, 0.3) is 0 Å². The van der Waals surface area contributed by atoms with Gasteiger partial charge in [0.05, 0.1) is 6.20 Å². The van der Waals surface area contributed by atoms with Gasteiger partial charge in [-0.25, -0.2) is 4.39 Å². The van der Waals surface area contributed by atoms with Crippen molar-refractivity contribution >= 4 is 0 Å². The highest BCUT2D eigenvalue weighted by Gasteiger charge is 2.32. The Bertz CT molecular complexity index is 393. The minimum Gasteiger partial charge on any atom is -0.313 e. The molecule has 3 heteroatoms. The Labute approximate surface area is 109 Å². The summed E-state index contributed by atoms with van der Waals surface area (Å²) in [5, 5.41) is 3.29. The summed E-state index contributed by atoms with van der Waals surface area (Å²) in [4.78, 5) is 3.83. The van der Waals surface area contributed by atoms with Crippen molar-refractivity contribution in [1.82, 2.24) is 10.3 Å². The van der Waals surface area contributed by atoms with Gasteiger partial charge in [-0.2, -0.15) is 0 Å². The number of pyridine rings is 1. The van der Waals surface area contributed by atoms with Crippen molar-refractivity contribution in [1.29, 1.82) is 0 Å². The van der Waals surface area contributed by atoms with Gasteiger partial charge < -0.3 is 5.32 Å². The van der Waals surface area contributed by atoms with E-state index >= 15 is 0 Å². The van der Waals surface area contributed by atoms with Gasteiger partial charge in [0, 0.05) is 17.8 Å². The summed E-state index contributed by atoms with van der Waals surface area (Å²) in [7, 11) is 1.92. The molecule has 0 bridgehead atoms. The molecule has 1 fully saturated rings. The predicted molar refractivity (Wildman–Crippen MR) is 71.7 cm³/mol. The van der Waals surface area contributed by atoms with Gasteiger partial charge in [-0.1, -0.05) is 13.8 Å². The molecule has 1 aliphatic rings. The Hall–Kier alpha value is -0.960. The Kier molecular flexibility index (Phi) is 4.00. The van der Waals surface area contributed by atoms with E-state index in [1.165, 1.54) is 31.9 Å². The maximum absolute atomic E-state index is 13.8. The lowest BCUT2D eigenvalue weighted by Crippen LogP contribution is -2.31. The Morgan fingerprint density at radius 2 is 2.06 bits per heavy atom. The summed E-state index contributed by atoms with van der Waals surface area (Å²) in [6.45, 7) is 4.65. The summed E-state index contributed by atoms with van der Waals surface area (Å²) in [5.41, 5.74) is 1.21. The molecule has 0 spiro atoms. The van der Waals surface area contributed by atoms with Crippen LogP contribution in [-0.4, -0.2) is 12.0 Å². The van der Waals surface area contributed by atoms with Crippen molar-refractivity contribution in [2.75, 3.05) is 7.05 Å². The first-order valence-corrected chi connectivity index (χ1v) is 6.80. The van der Waals surface area contributed by atoms with Crippen LogP contribution >= 0.6 is 0 Å². The third-order valence-electron chi connectivity index (χ3n) is 4.31. The van der Waals surface area contributed by atoms with Crippen LogP contribution in [0.15, 0.2) is 18.5 Å². The van der Waals surface area contributed by atoms with E-state index in [0.29, 0.717) is 11.3 Å². The van der Waals surface area contributed by atoms with Gasteiger partial charge in [0.1, 0.15) is 5.82 Å². The lowest BCUT2D eigenvalue weighted by atomic mass is 9.70. The Balaban J connectivity index is 2.13. The summed E-state index contributed by atoms with van der Waals surface area (Å²) in [5.74, 6) is 0.335. The average molecular weight is 250 g/mol. The molecule has 0 aromatic carbocycles. The topological polar surface area (TPSA) is 24.9 Å². The van der Waals surface area contributed by atoms with Gasteiger partial charge in [0.15, 0.2) is 0 Å². The molecule has 1 aliphatic carbocycles. The number of hydrogen-bond acceptors (Lipinski definition) is 2. The molecule has 0 aliphatic heterocycles. The Morgan fingerprint density at radius 1 is 1.39 bits per heavy atom. The van der Waals surface area contributed by atoms with E-state index in [4.69, 9.17) is 0 Å². The second kappa shape index (κ2) is 5.35. The SMILES string of the molecule is CNC(c1ccncc1F)C1CCC(C)(C)CC1. The van der Waals surface area contributed by atoms with Gasteiger partial charge in [-0.15, -0.1) is 0 Å². The molecule has 2 nitrogen and oxygen atoms in total. The van der Waals surface area contributed by atoms with Crippen molar-refractivity contribution in [3.05, 3.63) is 29.8 Å². The highest BCUT2D eigenvalue weighted by molar-refractivity contribution is 5.18. The van der Waals surface area contributed by atoms with E-state index in [2.05, 4.69) is 24.1 Å². The fourth-order valence-corrected chi connectivity index (χ4v) is 3.04. The molecule has 1 aromatic heterocycles. The molecule has 1 N–H and O–H groups in total. The molecular formula is C15H23FN2. The molecule has 0 saturated heterocycles. The first-order chi connectivity index (χ1) is 8.53. The van der Waals surface area contributed by atoms with E-state index in [1.54, 1.807) is 12.3 Å². The zero-order chi connectivity index (χ0) is 13.2. The lowest BCUT2D eigenvalue weighted by Gasteiger charge is -2.38. The van der Waals surface area contributed by atoms with E-state index in [-0.39, 0.29) is 11.9 Å². The van der Waals surface area contributed by atoms with E-state index in [0.717, 1.165) is 5.56 Å². The minimum atomic E-state index is -0.193. The average Bonchev–Trinajstić information content (AvgIpc) is 2.34. The normalized spacial score (nSPS) is 21.8. The summed E-state index contributed by atoms with van der Waals surface area (Å²) in [6, 6.07) is 1.92. The van der Waals surface area contributed by atoms with Crippen LogP contribution in [0.4, 0.5) is 4.39 Å². The zero-order valence-corrected chi connectivity index (χ0v) is 11.5. The van der Waals surface area contributed by atoms with Crippen molar-refractivity contribution < 1.29 is 4.39 Å². The number of nitrogens with zero attached hydrogens (tertiary/aromatic N) is 1. The molecule has 1 aromatic rings. The van der Waals surface area contributed by atoms with Gasteiger partial charge >= 0.3 is 0 Å². The standard InChI is InChI=1S/C15H23FN2/c1-15(2)7-4-11(5-8-15)14(17-3)12-6-9-18-10-13(12)16/h6,9-11,14,17H,4-5,7-8H2,1-3H3. The first kappa shape index (κ1) is 13.5. The van der Waals surface area contributed by atoms with Crippen LogP contribution in [0.25, 0.3) is 0 Å². The van der Waals surface area contributed by atoms with Crippen LogP contribution in [-0.2, 0) is 0 Å². The first-order valence-electron chi connectivity index (χ1n) is 6.80. The molecular weight excluding hydrogens is 227 g/mol. The summed E-state index contributed by atoms with van der Waals surface area (Å²) in [6.07, 6.45) is 7.77. The molecule has 0 radical (unpaired) electrons. The monoisotopic (exact) mass is 250 g/mol. The molecule has 2 rings (SSSR count). The third-order valence-corrected chi connectivity index (χ3v) is 4.31. The molecule has 100 valence electrons. The molecule has 1 heterocycles. The van der Waals surface area contributed by atoms with Gasteiger partial charge in [-0.05, 0) is 50.1 Å². The fraction of sp³-hybridized carbons (Fsp3) is 0.667. The van der Waals surface area contributed by atoms with Gasteiger partial charge in [-0.3, -0.25) is 4.98 Å². The minimum absolute atomic E-state index is 0.115. The number of rotatable bonds is 3. The number of nitrogens with one attached hydrogen (secondary N) is 1. The second-order valence-corrected chi connectivity index (χ2v) is 6.17. The summed E-state index contributed by atoms with van der Waals surface area (Å²) < 4.78 is 13.8. The highest BCUT2D eigenvalue weighted by Crippen LogP contribution is 2.42. The van der Waals surface area contributed by atoms with Crippen LogP contribution in [0.2, 0.25) is 0 Å². The smallest absolute Gasteiger partial charge is 0.146 e. The van der Waals surface area contributed by atoms with E-state index < -0.39 is 0 Å². The van der Waals surface area contributed by atoms with Crippen molar-refractivity contribution in [3.63, 3.8) is 0 Å².